The number of rotatable bonds is 3. The number of alkyl halides is 3. The first-order valence-electron chi connectivity index (χ1n) is 4.37. The van der Waals surface area contributed by atoms with E-state index in [-0.39, 0.29) is 0 Å². The van der Waals surface area contributed by atoms with Crippen LogP contribution < -0.4 is 4.90 Å². The van der Waals surface area contributed by atoms with Crippen LogP contribution in [0, 0.1) is 5.82 Å². The van der Waals surface area contributed by atoms with E-state index in [0.29, 0.717) is 17.2 Å². The van der Waals surface area contributed by atoms with Gasteiger partial charge in [-0.1, -0.05) is 0 Å². The van der Waals surface area contributed by atoms with E-state index in [0.717, 1.165) is 7.05 Å². The summed E-state index contributed by atoms with van der Waals surface area (Å²) >= 11 is 0. The molecule has 0 aliphatic rings. The lowest BCUT2D eigenvalue weighted by Gasteiger charge is -2.21. The molecule has 0 amide bonds. The van der Waals surface area contributed by atoms with Gasteiger partial charge in [0.15, 0.2) is 0 Å². The summed E-state index contributed by atoms with van der Waals surface area (Å²) in [5.74, 6) is -2.90. The molecule has 0 saturated heterocycles. The molecule has 1 aromatic rings. The van der Waals surface area contributed by atoms with Crippen molar-refractivity contribution in [2.45, 2.75) is 6.18 Å². The zero-order valence-electron chi connectivity index (χ0n) is 8.62. The molecule has 8 heteroatoms. The molecule has 0 radical (unpaired) electrons. The molecule has 1 rings (SSSR count). The predicted octanol–water partition coefficient (Wildman–Crippen LogP) is 1.92. The third kappa shape index (κ3) is 3.58. The Morgan fingerprint density at radius 1 is 1.53 bits per heavy atom. The second-order valence-corrected chi connectivity index (χ2v) is 3.30. The lowest BCUT2D eigenvalue weighted by molar-refractivity contribution is -0.119. The summed E-state index contributed by atoms with van der Waals surface area (Å²) in [5.41, 5.74) is -0.614. The quantitative estimate of drug-likeness (QED) is 0.835. The van der Waals surface area contributed by atoms with Crippen molar-refractivity contribution in [1.82, 2.24) is 4.98 Å². The Kier molecular flexibility index (Phi) is 3.54. The fourth-order valence-electron chi connectivity index (χ4n) is 1.24. The Morgan fingerprint density at radius 3 is 2.59 bits per heavy atom. The molecule has 0 aliphatic heterocycles. The first-order chi connectivity index (χ1) is 7.70. The van der Waals surface area contributed by atoms with Crippen LogP contribution in [0.4, 0.5) is 23.4 Å². The van der Waals surface area contributed by atoms with Gasteiger partial charge in [-0.2, -0.15) is 13.2 Å². The van der Waals surface area contributed by atoms with E-state index >= 15 is 0 Å². The smallest absolute Gasteiger partial charge is 0.405 e. The summed E-state index contributed by atoms with van der Waals surface area (Å²) in [6, 6.07) is 0.623. The minimum atomic E-state index is -4.50. The van der Waals surface area contributed by atoms with Gasteiger partial charge in [0.1, 0.15) is 23.7 Å². The van der Waals surface area contributed by atoms with Gasteiger partial charge < -0.3 is 10.0 Å². The average Bonchev–Trinajstić information content (AvgIpc) is 2.14. The highest BCUT2D eigenvalue weighted by atomic mass is 19.4. The van der Waals surface area contributed by atoms with Crippen LogP contribution in [0.1, 0.15) is 10.4 Å². The minimum absolute atomic E-state index is 0.434. The Morgan fingerprint density at radius 2 is 2.12 bits per heavy atom. The van der Waals surface area contributed by atoms with Gasteiger partial charge in [-0.25, -0.2) is 14.2 Å². The van der Waals surface area contributed by atoms with E-state index in [1.54, 1.807) is 0 Å². The van der Waals surface area contributed by atoms with Crippen LogP contribution in [0.3, 0.4) is 0 Å². The molecule has 0 fully saturated rings. The van der Waals surface area contributed by atoms with Crippen LogP contribution in [-0.2, 0) is 0 Å². The molecule has 0 spiro atoms. The highest BCUT2D eigenvalue weighted by Gasteiger charge is 2.31. The van der Waals surface area contributed by atoms with Gasteiger partial charge in [-0.3, -0.25) is 0 Å². The van der Waals surface area contributed by atoms with E-state index in [9.17, 15) is 22.4 Å². The first kappa shape index (κ1) is 13.2. The number of aromatic carboxylic acids is 1. The summed E-state index contributed by atoms with van der Waals surface area (Å²) in [7, 11) is 1.03. The van der Waals surface area contributed by atoms with Crippen molar-refractivity contribution in [3.05, 3.63) is 23.6 Å². The fourth-order valence-corrected chi connectivity index (χ4v) is 1.24. The molecule has 94 valence electrons. The molecule has 0 unspecified atom stereocenters. The van der Waals surface area contributed by atoms with Crippen molar-refractivity contribution in [3.63, 3.8) is 0 Å². The molecule has 0 atom stereocenters. The molecule has 4 nitrogen and oxygen atoms in total. The Labute approximate surface area is 93.5 Å². The number of carboxylic acid groups (broad SMARTS) is 1. The SMILES string of the molecule is CN(CC(F)(F)F)c1ncc(F)cc1C(=O)O. The molecular formula is C9H8F4N2O2. The number of nitrogens with zero attached hydrogens (tertiary/aromatic N) is 2. The van der Waals surface area contributed by atoms with Gasteiger partial charge in [0.2, 0.25) is 0 Å². The molecule has 0 saturated carbocycles. The molecule has 1 N–H and O–H groups in total. The maximum absolute atomic E-state index is 12.7. The number of hydrogen-bond donors (Lipinski definition) is 1. The van der Waals surface area contributed by atoms with Gasteiger partial charge in [0, 0.05) is 7.05 Å². The molecule has 0 aromatic carbocycles. The van der Waals surface area contributed by atoms with Gasteiger partial charge in [-0.15, -0.1) is 0 Å². The third-order valence-corrected chi connectivity index (χ3v) is 1.84. The third-order valence-electron chi connectivity index (χ3n) is 1.84. The van der Waals surface area contributed by atoms with Gasteiger partial charge in [0.25, 0.3) is 0 Å². The highest BCUT2D eigenvalue weighted by Crippen LogP contribution is 2.22. The largest absolute Gasteiger partial charge is 0.478 e. The van der Waals surface area contributed by atoms with Crippen molar-refractivity contribution in [3.8, 4) is 0 Å². The molecule has 1 aromatic heterocycles. The number of aromatic nitrogens is 1. The summed E-state index contributed by atoms with van der Waals surface area (Å²) in [6.07, 6.45) is -3.84. The summed E-state index contributed by atoms with van der Waals surface area (Å²) in [6.45, 7) is -1.37. The van der Waals surface area contributed by atoms with Crippen molar-refractivity contribution >= 4 is 11.8 Å². The van der Waals surface area contributed by atoms with Gasteiger partial charge in [0.05, 0.1) is 6.20 Å². The number of carboxylic acids is 1. The van der Waals surface area contributed by atoms with Crippen LogP contribution in [-0.4, -0.2) is 35.8 Å². The second kappa shape index (κ2) is 4.56. The van der Waals surface area contributed by atoms with Crippen molar-refractivity contribution < 1.29 is 27.5 Å². The van der Waals surface area contributed by atoms with Crippen molar-refractivity contribution in [1.29, 1.82) is 0 Å². The van der Waals surface area contributed by atoms with Gasteiger partial charge >= 0.3 is 12.1 Å². The van der Waals surface area contributed by atoms with E-state index in [2.05, 4.69) is 4.98 Å². The summed E-state index contributed by atoms with van der Waals surface area (Å²) in [4.78, 5) is 14.7. The zero-order chi connectivity index (χ0) is 13.2. The van der Waals surface area contributed by atoms with Crippen molar-refractivity contribution in [2.24, 2.45) is 0 Å². The average molecular weight is 252 g/mol. The Balaban J connectivity index is 3.09. The lowest BCUT2D eigenvalue weighted by atomic mass is 10.2. The molecule has 0 bridgehead atoms. The number of hydrogen-bond acceptors (Lipinski definition) is 3. The second-order valence-electron chi connectivity index (χ2n) is 3.30. The van der Waals surface area contributed by atoms with Crippen LogP contribution in [0.25, 0.3) is 0 Å². The van der Waals surface area contributed by atoms with E-state index in [1.807, 2.05) is 0 Å². The van der Waals surface area contributed by atoms with E-state index < -0.39 is 35.9 Å². The van der Waals surface area contributed by atoms with Gasteiger partial charge in [-0.05, 0) is 6.07 Å². The Hall–Kier alpha value is -1.86. The predicted molar refractivity (Wildman–Crippen MR) is 50.5 cm³/mol. The van der Waals surface area contributed by atoms with Crippen LogP contribution in [0.5, 0.6) is 0 Å². The van der Waals surface area contributed by atoms with Crippen LogP contribution in [0.15, 0.2) is 12.3 Å². The number of anilines is 1. The van der Waals surface area contributed by atoms with Crippen LogP contribution in [0.2, 0.25) is 0 Å². The number of carbonyl (C=O) groups is 1. The standard InChI is InChI=1S/C9H8F4N2O2/c1-15(4-9(11,12)13)7-6(8(16)17)2-5(10)3-14-7/h2-3H,4H2,1H3,(H,16,17). The van der Waals surface area contributed by atoms with Crippen molar-refractivity contribution in [2.75, 3.05) is 18.5 Å². The summed E-state index contributed by atoms with van der Waals surface area (Å²) in [5, 5.41) is 8.72. The first-order valence-corrected chi connectivity index (χ1v) is 4.37. The maximum Gasteiger partial charge on any atom is 0.405 e. The molecular weight excluding hydrogens is 244 g/mol. The highest BCUT2D eigenvalue weighted by molar-refractivity contribution is 5.93. The Bertz CT molecular complexity index is 433. The minimum Gasteiger partial charge on any atom is -0.478 e. The fraction of sp³-hybridized carbons (Fsp3) is 0.333. The molecule has 17 heavy (non-hydrogen) atoms. The number of halogens is 4. The molecule has 0 aliphatic carbocycles. The monoisotopic (exact) mass is 252 g/mol. The molecule has 1 heterocycles. The normalized spacial score (nSPS) is 11.4. The zero-order valence-corrected chi connectivity index (χ0v) is 8.62. The lowest BCUT2D eigenvalue weighted by Crippen LogP contribution is -2.32. The topological polar surface area (TPSA) is 53.4 Å². The van der Waals surface area contributed by atoms with E-state index in [4.69, 9.17) is 5.11 Å². The van der Waals surface area contributed by atoms with E-state index in [1.165, 1.54) is 0 Å². The van der Waals surface area contributed by atoms with Crippen LogP contribution >= 0.6 is 0 Å². The number of pyridine rings is 1. The summed E-state index contributed by atoms with van der Waals surface area (Å²) < 4.78 is 49.1. The maximum atomic E-state index is 12.7.